The molecule has 2 aliphatic heterocycles. The first-order valence-electron chi connectivity index (χ1n) is 7.86. The second-order valence-electron chi connectivity index (χ2n) is 5.99. The number of hydrogen-bond acceptors (Lipinski definition) is 3. The SMILES string of the molecule is NC(=O)N1CCC(NC2CCCSc3ccc(Cl)cc32)CC1. The molecule has 0 spiro atoms. The molecule has 2 aliphatic rings. The number of amides is 2. The Kier molecular flexibility index (Phi) is 5.16. The molecule has 3 rings (SSSR count). The highest BCUT2D eigenvalue weighted by Crippen LogP contribution is 2.36. The summed E-state index contributed by atoms with van der Waals surface area (Å²) >= 11 is 8.12. The number of hydrogen-bond donors (Lipinski definition) is 2. The van der Waals surface area contributed by atoms with Crippen LogP contribution in [0.2, 0.25) is 5.02 Å². The number of benzene rings is 1. The Balaban J connectivity index is 1.68. The Morgan fingerprint density at radius 2 is 2.09 bits per heavy atom. The van der Waals surface area contributed by atoms with Crippen LogP contribution in [0.3, 0.4) is 0 Å². The third kappa shape index (κ3) is 3.70. The number of carbonyl (C=O) groups excluding carboxylic acids is 1. The Morgan fingerprint density at radius 3 is 2.82 bits per heavy atom. The third-order valence-electron chi connectivity index (χ3n) is 4.49. The molecular formula is C16H22ClN3OS. The predicted octanol–water partition coefficient (Wildman–Crippen LogP) is 3.40. The van der Waals surface area contributed by atoms with E-state index in [1.54, 1.807) is 4.90 Å². The first-order chi connectivity index (χ1) is 10.6. The van der Waals surface area contributed by atoms with Crippen molar-refractivity contribution in [2.75, 3.05) is 18.8 Å². The standard InChI is InChI=1S/C16H22ClN3OS/c17-11-3-4-15-13(10-11)14(2-1-9-22-15)19-12-5-7-20(8-6-12)16(18)21/h3-4,10,12,14,19H,1-2,5-9H2,(H2,18,21). The second-order valence-corrected chi connectivity index (χ2v) is 7.56. The molecule has 1 saturated heterocycles. The summed E-state index contributed by atoms with van der Waals surface area (Å²) in [5.41, 5.74) is 6.67. The Labute approximate surface area is 140 Å². The molecule has 0 aromatic heterocycles. The van der Waals surface area contributed by atoms with Crippen molar-refractivity contribution in [1.82, 2.24) is 10.2 Å². The highest BCUT2D eigenvalue weighted by molar-refractivity contribution is 7.99. The molecule has 1 atom stereocenters. The van der Waals surface area contributed by atoms with Crippen LogP contribution in [0.1, 0.15) is 37.3 Å². The summed E-state index contributed by atoms with van der Waals surface area (Å²) in [6.45, 7) is 1.49. The number of carbonyl (C=O) groups is 1. The largest absolute Gasteiger partial charge is 0.351 e. The molecule has 1 fully saturated rings. The van der Waals surface area contributed by atoms with E-state index in [1.807, 2.05) is 17.8 Å². The van der Waals surface area contributed by atoms with Crippen LogP contribution in [0, 0.1) is 0 Å². The minimum Gasteiger partial charge on any atom is -0.351 e. The van der Waals surface area contributed by atoms with Crippen molar-refractivity contribution in [1.29, 1.82) is 0 Å². The molecule has 0 aliphatic carbocycles. The van der Waals surface area contributed by atoms with Gasteiger partial charge in [0.05, 0.1) is 0 Å². The first kappa shape index (κ1) is 16.0. The summed E-state index contributed by atoms with van der Waals surface area (Å²) in [5.74, 6) is 1.16. The molecule has 1 aromatic rings. The fraction of sp³-hybridized carbons (Fsp3) is 0.562. The van der Waals surface area contributed by atoms with Gasteiger partial charge in [-0.25, -0.2) is 4.79 Å². The van der Waals surface area contributed by atoms with Gasteiger partial charge in [0.25, 0.3) is 0 Å². The monoisotopic (exact) mass is 339 g/mol. The van der Waals surface area contributed by atoms with Gasteiger partial charge in [0, 0.05) is 35.1 Å². The molecule has 0 bridgehead atoms. The van der Waals surface area contributed by atoms with Crippen molar-refractivity contribution in [3.8, 4) is 0 Å². The Bertz CT molecular complexity index is 546. The van der Waals surface area contributed by atoms with Crippen molar-refractivity contribution in [3.63, 3.8) is 0 Å². The van der Waals surface area contributed by atoms with Crippen LogP contribution in [-0.2, 0) is 0 Å². The number of nitrogens with one attached hydrogen (secondary N) is 1. The van der Waals surface area contributed by atoms with Crippen LogP contribution in [-0.4, -0.2) is 35.8 Å². The minimum atomic E-state index is -0.304. The highest BCUT2D eigenvalue weighted by atomic mass is 35.5. The van der Waals surface area contributed by atoms with Gasteiger partial charge in [0.15, 0.2) is 0 Å². The zero-order chi connectivity index (χ0) is 15.5. The van der Waals surface area contributed by atoms with E-state index >= 15 is 0 Å². The maximum absolute atomic E-state index is 11.2. The van der Waals surface area contributed by atoms with E-state index in [2.05, 4.69) is 17.4 Å². The van der Waals surface area contributed by atoms with E-state index in [-0.39, 0.29) is 6.03 Å². The predicted molar refractivity (Wildman–Crippen MR) is 91.5 cm³/mol. The van der Waals surface area contributed by atoms with Gasteiger partial charge in [0.2, 0.25) is 0 Å². The lowest BCUT2D eigenvalue weighted by molar-refractivity contribution is 0.181. The fourth-order valence-electron chi connectivity index (χ4n) is 3.27. The summed E-state index contributed by atoms with van der Waals surface area (Å²) < 4.78 is 0. The molecular weight excluding hydrogens is 318 g/mol. The number of fused-ring (bicyclic) bond motifs is 1. The second kappa shape index (κ2) is 7.11. The number of rotatable bonds is 2. The Hall–Kier alpha value is -0.910. The number of piperidine rings is 1. The van der Waals surface area contributed by atoms with Crippen molar-refractivity contribution in [2.45, 2.75) is 42.7 Å². The molecule has 6 heteroatoms. The fourth-order valence-corrected chi connectivity index (χ4v) is 4.52. The van der Waals surface area contributed by atoms with Crippen LogP contribution in [0.15, 0.2) is 23.1 Å². The summed E-state index contributed by atoms with van der Waals surface area (Å²) in [6.07, 6.45) is 4.26. The summed E-state index contributed by atoms with van der Waals surface area (Å²) in [5, 5.41) is 4.59. The lowest BCUT2D eigenvalue weighted by Gasteiger charge is -2.34. The molecule has 0 radical (unpaired) electrons. The molecule has 120 valence electrons. The molecule has 2 amide bonds. The van der Waals surface area contributed by atoms with E-state index < -0.39 is 0 Å². The van der Waals surface area contributed by atoms with Gasteiger partial charge in [-0.15, -0.1) is 11.8 Å². The molecule has 2 heterocycles. The Morgan fingerprint density at radius 1 is 1.32 bits per heavy atom. The maximum Gasteiger partial charge on any atom is 0.314 e. The minimum absolute atomic E-state index is 0.304. The molecule has 3 N–H and O–H groups in total. The smallest absolute Gasteiger partial charge is 0.314 e. The van der Waals surface area contributed by atoms with Gasteiger partial charge in [-0.1, -0.05) is 11.6 Å². The molecule has 22 heavy (non-hydrogen) atoms. The van der Waals surface area contributed by atoms with Crippen LogP contribution in [0.5, 0.6) is 0 Å². The number of nitrogens with two attached hydrogens (primary N) is 1. The number of likely N-dealkylation sites (tertiary alicyclic amines) is 1. The van der Waals surface area contributed by atoms with Gasteiger partial charge < -0.3 is 16.0 Å². The molecule has 1 unspecified atom stereocenters. The summed E-state index contributed by atoms with van der Waals surface area (Å²) in [4.78, 5) is 14.3. The number of primary amides is 1. The molecule has 1 aromatic carbocycles. The number of urea groups is 1. The van der Waals surface area contributed by atoms with Crippen molar-refractivity contribution in [2.24, 2.45) is 5.73 Å². The highest BCUT2D eigenvalue weighted by Gasteiger charge is 2.26. The van der Waals surface area contributed by atoms with Crippen molar-refractivity contribution >= 4 is 29.4 Å². The summed E-state index contributed by atoms with van der Waals surface area (Å²) in [6, 6.07) is 6.70. The van der Waals surface area contributed by atoms with Crippen molar-refractivity contribution < 1.29 is 4.79 Å². The zero-order valence-corrected chi connectivity index (χ0v) is 14.1. The number of nitrogens with zero attached hydrogens (tertiary/aromatic N) is 1. The zero-order valence-electron chi connectivity index (χ0n) is 12.6. The van der Waals surface area contributed by atoms with E-state index in [0.29, 0.717) is 12.1 Å². The van der Waals surface area contributed by atoms with Gasteiger partial charge in [-0.3, -0.25) is 0 Å². The van der Waals surface area contributed by atoms with Crippen LogP contribution >= 0.6 is 23.4 Å². The topological polar surface area (TPSA) is 58.4 Å². The van der Waals surface area contributed by atoms with E-state index in [0.717, 1.165) is 43.1 Å². The number of halogens is 1. The van der Waals surface area contributed by atoms with Crippen LogP contribution < -0.4 is 11.1 Å². The van der Waals surface area contributed by atoms with Gasteiger partial charge in [-0.2, -0.15) is 0 Å². The van der Waals surface area contributed by atoms with Gasteiger partial charge >= 0.3 is 6.03 Å². The lowest BCUT2D eigenvalue weighted by Crippen LogP contribution is -2.47. The van der Waals surface area contributed by atoms with Gasteiger partial charge in [-0.05, 0) is 55.2 Å². The third-order valence-corrected chi connectivity index (χ3v) is 5.90. The van der Waals surface area contributed by atoms with Gasteiger partial charge in [0.1, 0.15) is 0 Å². The van der Waals surface area contributed by atoms with E-state index in [9.17, 15) is 4.79 Å². The molecule has 0 saturated carbocycles. The molecule has 4 nitrogen and oxygen atoms in total. The van der Waals surface area contributed by atoms with Crippen LogP contribution in [0.4, 0.5) is 4.79 Å². The average molecular weight is 340 g/mol. The quantitative estimate of drug-likeness (QED) is 0.868. The first-order valence-corrected chi connectivity index (χ1v) is 9.22. The lowest BCUT2D eigenvalue weighted by atomic mass is 9.98. The average Bonchev–Trinajstić information content (AvgIpc) is 2.70. The van der Waals surface area contributed by atoms with Crippen LogP contribution in [0.25, 0.3) is 0 Å². The van der Waals surface area contributed by atoms with E-state index in [4.69, 9.17) is 17.3 Å². The maximum atomic E-state index is 11.2. The normalized spacial score (nSPS) is 23.0. The number of thioether (sulfide) groups is 1. The summed E-state index contributed by atoms with van der Waals surface area (Å²) in [7, 11) is 0. The van der Waals surface area contributed by atoms with Crippen molar-refractivity contribution in [3.05, 3.63) is 28.8 Å². The van der Waals surface area contributed by atoms with E-state index in [1.165, 1.54) is 16.9 Å².